The third kappa shape index (κ3) is 2.84. The van der Waals surface area contributed by atoms with Crippen LogP contribution in [0.2, 0.25) is 0 Å². The summed E-state index contributed by atoms with van der Waals surface area (Å²) in [6.45, 7) is 0. The summed E-state index contributed by atoms with van der Waals surface area (Å²) in [6.07, 6.45) is 7.57. The van der Waals surface area contributed by atoms with E-state index in [4.69, 9.17) is 5.73 Å². The molecule has 4 heteroatoms. The molecular formula is C10H16Cl2N2. The Hall–Kier alpha value is -0.310. The van der Waals surface area contributed by atoms with Gasteiger partial charge in [0.15, 0.2) is 0 Å². The lowest BCUT2D eigenvalue weighted by Crippen LogP contribution is -2.26. The fourth-order valence-corrected chi connectivity index (χ4v) is 1.66. The fourth-order valence-electron chi connectivity index (χ4n) is 1.66. The van der Waals surface area contributed by atoms with Gasteiger partial charge >= 0.3 is 0 Å². The highest BCUT2D eigenvalue weighted by Gasteiger charge is 2.25. The molecule has 14 heavy (non-hydrogen) atoms. The summed E-state index contributed by atoms with van der Waals surface area (Å²) in [4.78, 5) is 3.98. The maximum absolute atomic E-state index is 6.07. The van der Waals surface area contributed by atoms with E-state index in [9.17, 15) is 0 Å². The first-order chi connectivity index (χ1) is 5.88. The van der Waals surface area contributed by atoms with E-state index < -0.39 is 0 Å². The lowest BCUT2D eigenvalue weighted by atomic mass is 9.78. The summed E-state index contributed by atoms with van der Waals surface area (Å²) >= 11 is 0. The number of hydrogen-bond acceptors (Lipinski definition) is 2. The number of halogens is 2. The third-order valence-electron chi connectivity index (χ3n) is 2.75. The summed E-state index contributed by atoms with van der Waals surface area (Å²) in [6, 6.07) is 4.27. The van der Waals surface area contributed by atoms with Gasteiger partial charge in [-0.3, -0.25) is 4.98 Å². The van der Waals surface area contributed by atoms with Crippen molar-refractivity contribution in [2.75, 3.05) is 0 Å². The molecule has 1 aliphatic carbocycles. The van der Waals surface area contributed by atoms with Crippen LogP contribution in [-0.2, 0) is 0 Å². The van der Waals surface area contributed by atoms with Crippen molar-refractivity contribution in [3.05, 3.63) is 30.1 Å². The van der Waals surface area contributed by atoms with E-state index in [1.54, 1.807) is 0 Å². The van der Waals surface area contributed by atoms with Crippen LogP contribution < -0.4 is 5.73 Å². The van der Waals surface area contributed by atoms with E-state index in [2.05, 4.69) is 4.98 Å². The van der Waals surface area contributed by atoms with Crippen LogP contribution in [0.25, 0.3) is 0 Å². The van der Waals surface area contributed by atoms with E-state index in [0.29, 0.717) is 5.92 Å². The first-order valence-electron chi connectivity index (χ1n) is 4.53. The van der Waals surface area contributed by atoms with Crippen LogP contribution in [0, 0.1) is 5.92 Å². The van der Waals surface area contributed by atoms with E-state index in [0.717, 1.165) is 0 Å². The second-order valence-electron chi connectivity index (χ2n) is 3.50. The molecule has 80 valence electrons. The average molecular weight is 235 g/mol. The predicted molar refractivity (Wildman–Crippen MR) is 63.0 cm³/mol. The van der Waals surface area contributed by atoms with Crippen molar-refractivity contribution in [1.29, 1.82) is 0 Å². The molecule has 1 aromatic heterocycles. The number of nitrogens with two attached hydrogens (primary N) is 1. The quantitative estimate of drug-likeness (QED) is 0.855. The number of pyridine rings is 1. The summed E-state index contributed by atoms with van der Waals surface area (Å²) in [5, 5.41) is 0. The van der Waals surface area contributed by atoms with Gasteiger partial charge in [-0.05, 0) is 36.5 Å². The molecule has 1 aromatic rings. The summed E-state index contributed by atoms with van der Waals surface area (Å²) in [5.41, 5.74) is 7.30. The van der Waals surface area contributed by atoms with Crippen molar-refractivity contribution in [3.8, 4) is 0 Å². The average Bonchev–Trinajstić information content (AvgIpc) is 2.03. The van der Waals surface area contributed by atoms with Crippen molar-refractivity contribution in [2.24, 2.45) is 11.7 Å². The van der Waals surface area contributed by atoms with Crippen molar-refractivity contribution in [2.45, 2.75) is 25.3 Å². The minimum absolute atomic E-state index is 0. The third-order valence-corrected chi connectivity index (χ3v) is 2.75. The Morgan fingerprint density at radius 2 is 1.79 bits per heavy atom. The molecule has 1 fully saturated rings. The van der Waals surface area contributed by atoms with Crippen molar-refractivity contribution in [1.82, 2.24) is 4.98 Å². The van der Waals surface area contributed by atoms with Crippen LogP contribution >= 0.6 is 24.8 Å². The van der Waals surface area contributed by atoms with Gasteiger partial charge in [-0.15, -0.1) is 24.8 Å². The maximum atomic E-state index is 6.07. The Labute approximate surface area is 97.1 Å². The highest BCUT2D eigenvalue weighted by Crippen LogP contribution is 2.35. The molecular weight excluding hydrogens is 219 g/mol. The van der Waals surface area contributed by atoms with Gasteiger partial charge in [0.05, 0.1) is 0 Å². The zero-order valence-electron chi connectivity index (χ0n) is 7.93. The summed E-state index contributed by atoms with van der Waals surface area (Å²) in [5.74, 6) is 0.715. The molecule has 0 spiro atoms. The second-order valence-corrected chi connectivity index (χ2v) is 3.50. The molecule has 0 bridgehead atoms. The Morgan fingerprint density at radius 3 is 2.21 bits per heavy atom. The summed E-state index contributed by atoms with van der Waals surface area (Å²) < 4.78 is 0. The minimum atomic E-state index is 0. The largest absolute Gasteiger partial charge is 0.324 e. The minimum Gasteiger partial charge on any atom is -0.324 e. The number of hydrogen-bond donors (Lipinski definition) is 1. The molecule has 0 amide bonds. The van der Waals surface area contributed by atoms with Gasteiger partial charge < -0.3 is 5.73 Å². The van der Waals surface area contributed by atoms with Gasteiger partial charge in [0.25, 0.3) is 0 Å². The van der Waals surface area contributed by atoms with Crippen molar-refractivity contribution in [3.63, 3.8) is 0 Å². The molecule has 0 aliphatic heterocycles. The van der Waals surface area contributed by atoms with Gasteiger partial charge in [-0.25, -0.2) is 0 Å². The van der Waals surface area contributed by atoms with Crippen LogP contribution in [0.5, 0.6) is 0 Å². The van der Waals surface area contributed by atoms with Gasteiger partial charge in [0.2, 0.25) is 0 Å². The highest BCUT2D eigenvalue weighted by atomic mass is 35.5. The standard InChI is InChI=1S/C10H14N2.2ClH/c11-10(8-2-1-3-8)9-4-6-12-7-5-9;;/h4-8,10H,1-3,11H2;2*1H. The van der Waals surface area contributed by atoms with Crippen molar-refractivity contribution < 1.29 is 0 Å². The van der Waals surface area contributed by atoms with E-state index in [-0.39, 0.29) is 30.9 Å². The predicted octanol–water partition coefficient (Wildman–Crippen LogP) is 2.73. The lowest BCUT2D eigenvalue weighted by Gasteiger charge is -2.31. The SMILES string of the molecule is Cl.Cl.NC(c1ccncc1)C1CCC1. The summed E-state index contributed by atoms with van der Waals surface area (Å²) in [7, 11) is 0. The molecule has 1 unspecified atom stereocenters. The highest BCUT2D eigenvalue weighted by molar-refractivity contribution is 5.85. The van der Waals surface area contributed by atoms with Crippen LogP contribution in [0.4, 0.5) is 0 Å². The van der Waals surface area contributed by atoms with Crippen LogP contribution in [-0.4, -0.2) is 4.98 Å². The van der Waals surface area contributed by atoms with Crippen LogP contribution in [0.3, 0.4) is 0 Å². The first kappa shape index (κ1) is 13.7. The Kier molecular flexibility index (Phi) is 6.09. The molecule has 0 aromatic carbocycles. The van der Waals surface area contributed by atoms with Gasteiger partial charge in [0.1, 0.15) is 0 Å². The Morgan fingerprint density at radius 1 is 1.21 bits per heavy atom. The monoisotopic (exact) mass is 234 g/mol. The first-order valence-corrected chi connectivity index (χ1v) is 4.53. The Balaban J connectivity index is 0.000000845. The Bertz CT molecular complexity index is 250. The fraction of sp³-hybridized carbons (Fsp3) is 0.500. The topological polar surface area (TPSA) is 38.9 Å². The van der Waals surface area contributed by atoms with Crippen molar-refractivity contribution >= 4 is 24.8 Å². The molecule has 2 nitrogen and oxygen atoms in total. The number of nitrogens with zero attached hydrogens (tertiary/aromatic N) is 1. The molecule has 2 N–H and O–H groups in total. The van der Waals surface area contributed by atoms with E-state index in [1.807, 2.05) is 24.5 Å². The van der Waals surface area contributed by atoms with Gasteiger partial charge in [0, 0.05) is 18.4 Å². The second kappa shape index (κ2) is 6.23. The molecule has 1 saturated carbocycles. The lowest BCUT2D eigenvalue weighted by molar-refractivity contribution is 0.264. The molecule has 0 radical (unpaired) electrons. The van der Waals surface area contributed by atoms with E-state index in [1.165, 1.54) is 24.8 Å². The maximum Gasteiger partial charge on any atom is 0.0324 e. The smallest absolute Gasteiger partial charge is 0.0324 e. The molecule has 2 rings (SSSR count). The zero-order valence-corrected chi connectivity index (χ0v) is 9.56. The van der Waals surface area contributed by atoms with E-state index >= 15 is 0 Å². The molecule has 1 aliphatic rings. The molecule has 1 atom stereocenters. The zero-order chi connectivity index (χ0) is 8.39. The van der Waals surface area contributed by atoms with Crippen LogP contribution in [0.1, 0.15) is 30.9 Å². The number of rotatable bonds is 2. The molecule has 0 saturated heterocycles. The number of aromatic nitrogens is 1. The van der Waals surface area contributed by atoms with Gasteiger partial charge in [-0.2, -0.15) is 0 Å². The van der Waals surface area contributed by atoms with Crippen LogP contribution in [0.15, 0.2) is 24.5 Å². The molecule has 1 heterocycles. The van der Waals surface area contributed by atoms with Gasteiger partial charge in [-0.1, -0.05) is 6.42 Å². The normalized spacial score (nSPS) is 17.2.